The van der Waals surface area contributed by atoms with E-state index in [4.69, 9.17) is 16.3 Å². The van der Waals surface area contributed by atoms with Gasteiger partial charge in [0.2, 0.25) is 0 Å². The quantitative estimate of drug-likeness (QED) is 0.776. The Morgan fingerprint density at radius 2 is 2.16 bits per heavy atom. The van der Waals surface area contributed by atoms with Gasteiger partial charge >= 0.3 is 0 Å². The molecule has 0 bridgehead atoms. The normalized spacial score (nSPS) is 16.4. The standard InChI is InChI=1S/C16H24ClNO/c1-12(9-10-18-14-6-7-14)3-4-13-5-8-15(19-2)11-16(13)17/h5,8,11-12,14,18H,3-4,6-7,9-10H2,1-2H3. The molecule has 1 unspecified atom stereocenters. The molecule has 0 aromatic heterocycles. The average Bonchev–Trinajstić information content (AvgIpc) is 3.21. The zero-order chi connectivity index (χ0) is 13.7. The fraction of sp³-hybridized carbons (Fsp3) is 0.625. The van der Waals surface area contributed by atoms with Gasteiger partial charge in [0, 0.05) is 11.1 Å². The molecule has 1 aliphatic carbocycles. The van der Waals surface area contributed by atoms with E-state index in [1.165, 1.54) is 31.2 Å². The smallest absolute Gasteiger partial charge is 0.120 e. The van der Waals surface area contributed by atoms with Crippen LogP contribution in [0.15, 0.2) is 18.2 Å². The van der Waals surface area contributed by atoms with Gasteiger partial charge < -0.3 is 10.1 Å². The summed E-state index contributed by atoms with van der Waals surface area (Å²) in [5.41, 5.74) is 1.23. The molecule has 1 N–H and O–H groups in total. The second-order valence-corrected chi connectivity index (χ2v) is 6.03. The minimum absolute atomic E-state index is 0.740. The molecule has 2 rings (SSSR count). The number of nitrogens with one attached hydrogen (secondary N) is 1. The van der Waals surface area contributed by atoms with Crippen LogP contribution in [0.5, 0.6) is 5.75 Å². The molecule has 106 valence electrons. The van der Waals surface area contributed by atoms with Crippen LogP contribution in [0, 0.1) is 5.92 Å². The third-order valence-corrected chi connectivity index (χ3v) is 4.17. The van der Waals surface area contributed by atoms with Crippen LogP contribution >= 0.6 is 11.6 Å². The van der Waals surface area contributed by atoms with Gasteiger partial charge in [-0.05, 0) is 62.3 Å². The highest BCUT2D eigenvalue weighted by Gasteiger charge is 2.19. The average molecular weight is 282 g/mol. The van der Waals surface area contributed by atoms with Gasteiger partial charge in [0.25, 0.3) is 0 Å². The molecule has 2 nitrogen and oxygen atoms in total. The lowest BCUT2D eigenvalue weighted by Gasteiger charge is -2.13. The zero-order valence-electron chi connectivity index (χ0n) is 11.9. The van der Waals surface area contributed by atoms with Crippen molar-refractivity contribution in [1.82, 2.24) is 5.32 Å². The van der Waals surface area contributed by atoms with Crippen molar-refractivity contribution in [2.24, 2.45) is 5.92 Å². The van der Waals surface area contributed by atoms with Gasteiger partial charge in [-0.1, -0.05) is 24.6 Å². The predicted molar refractivity (Wildman–Crippen MR) is 81.1 cm³/mol. The highest BCUT2D eigenvalue weighted by Crippen LogP contribution is 2.25. The van der Waals surface area contributed by atoms with Crippen molar-refractivity contribution >= 4 is 11.6 Å². The predicted octanol–water partition coefficient (Wildman–Crippen LogP) is 4.06. The summed E-state index contributed by atoms with van der Waals surface area (Å²) >= 11 is 6.25. The molecule has 0 aliphatic heterocycles. The summed E-state index contributed by atoms with van der Waals surface area (Å²) in [6.45, 7) is 3.48. The summed E-state index contributed by atoms with van der Waals surface area (Å²) in [7, 11) is 1.67. The second kappa shape index (κ2) is 7.16. The first-order valence-electron chi connectivity index (χ1n) is 7.25. The van der Waals surface area contributed by atoms with Crippen LogP contribution < -0.4 is 10.1 Å². The van der Waals surface area contributed by atoms with Crippen LogP contribution in [0.25, 0.3) is 0 Å². The van der Waals surface area contributed by atoms with Gasteiger partial charge in [0.1, 0.15) is 5.75 Å². The Kier molecular flexibility index (Phi) is 5.53. The van der Waals surface area contributed by atoms with Crippen LogP contribution in [0.3, 0.4) is 0 Å². The van der Waals surface area contributed by atoms with E-state index in [-0.39, 0.29) is 0 Å². The molecule has 0 spiro atoms. The largest absolute Gasteiger partial charge is 0.497 e. The Balaban J connectivity index is 1.71. The van der Waals surface area contributed by atoms with E-state index in [9.17, 15) is 0 Å². The van der Waals surface area contributed by atoms with Gasteiger partial charge in [-0.15, -0.1) is 0 Å². The van der Waals surface area contributed by atoms with Crippen LogP contribution in [0.4, 0.5) is 0 Å². The number of benzene rings is 1. The van der Waals surface area contributed by atoms with Crippen LogP contribution in [0.1, 0.15) is 38.2 Å². The van der Waals surface area contributed by atoms with Gasteiger partial charge in [0.15, 0.2) is 0 Å². The van der Waals surface area contributed by atoms with Crippen molar-refractivity contribution in [2.75, 3.05) is 13.7 Å². The summed E-state index contributed by atoms with van der Waals surface area (Å²) in [4.78, 5) is 0. The number of hydrogen-bond acceptors (Lipinski definition) is 2. The molecule has 1 fully saturated rings. The first-order valence-corrected chi connectivity index (χ1v) is 7.62. The topological polar surface area (TPSA) is 21.3 Å². The molecule has 0 saturated heterocycles. The molecule has 19 heavy (non-hydrogen) atoms. The lowest BCUT2D eigenvalue weighted by atomic mass is 9.98. The third kappa shape index (κ3) is 5.04. The Morgan fingerprint density at radius 1 is 1.37 bits per heavy atom. The third-order valence-electron chi connectivity index (χ3n) is 3.81. The number of halogens is 1. The monoisotopic (exact) mass is 281 g/mol. The molecule has 0 amide bonds. The first-order chi connectivity index (χ1) is 9.19. The fourth-order valence-corrected chi connectivity index (χ4v) is 2.49. The van der Waals surface area contributed by atoms with E-state index >= 15 is 0 Å². The van der Waals surface area contributed by atoms with Crippen LogP contribution in [0.2, 0.25) is 5.02 Å². The molecule has 0 heterocycles. The second-order valence-electron chi connectivity index (χ2n) is 5.62. The van der Waals surface area contributed by atoms with Gasteiger partial charge in [-0.3, -0.25) is 0 Å². The molecule has 1 saturated carbocycles. The van der Waals surface area contributed by atoms with E-state index in [1.54, 1.807) is 7.11 Å². The van der Waals surface area contributed by atoms with Gasteiger partial charge in [-0.2, -0.15) is 0 Å². The van der Waals surface area contributed by atoms with E-state index in [0.717, 1.165) is 35.7 Å². The molecule has 1 atom stereocenters. The number of hydrogen-bond donors (Lipinski definition) is 1. The Labute approximate surface area is 121 Å². The summed E-state index contributed by atoms with van der Waals surface area (Å²) in [5.74, 6) is 1.57. The Morgan fingerprint density at radius 3 is 2.79 bits per heavy atom. The maximum atomic E-state index is 6.25. The fourth-order valence-electron chi connectivity index (χ4n) is 2.23. The van der Waals surface area contributed by atoms with E-state index in [0.29, 0.717) is 0 Å². The number of rotatable bonds is 8. The number of methoxy groups -OCH3 is 1. The lowest BCUT2D eigenvalue weighted by molar-refractivity contribution is 0.414. The van der Waals surface area contributed by atoms with E-state index < -0.39 is 0 Å². The van der Waals surface area contributed by atoms with Crippen LogP contribution in [-0.4, -0.2) is 19.7 Å². The zero-order valence-corrected chi connectivity index (χ0v) is 12.7. The van der Waals surface area contributed by atoms with Crippen molar-refractivity contribution in [2.45, 2.75) is 45.1 Å². The molecule has 1 aromatic rings. The summed E-state index contributed by atoms with van der Waals surface area (Å²) in [6, 6.07) is 6.79. The van der Waals surface area contributed by atoms with E-state index in [1.807, 2.05) is 12.1 Å². The molecule has 1 aliphatic rings. The highest BCUT2D eigenvalue weighted by atomic mass is 35.5. The van der Waals surface area contributed by atoms with Crippen molar-refractivity contribution in [3.05, 3.63) is 28.8 Å². The Bertz CT molecular complexity index is 404. The molecule has 1 aromatic carbocycles. The van der Waals surface area contributed by atoms with Crippen molar-refractivity contribution < 1.29 is 4.74 Å². The number of aryl methyl sites for hydroxylation is 1. The maximum absolute atomic E-state index is 6.25. The minimum atomic E-state index is 0.740. The molecule has 3 heteroatoms. The summed E-state index contributed by atoms with van der Waals surface area (Å²) < 4.78 is 5.16. The SMILES string of the molecule is COc1ccc(CCC(C)CCNC2CC2)c(Cl)c1. The van der Waals surface area contributed by atoms with Crippen LogP contribution in [-0.2, 0) is 6.42 Å². The highest BCUT2D eigenvalue weighted by molar-refractivity contribution is 6.31. The minimum Gasteiger partial charge on any atom is -0.497 e. The van der Waals surface area contributed by atoms with Crippen molar-refractivity contribution in [1.29, 1.82) is 0 Å². The summed E-state index contributed by atoms with van der Waals surface area (Å²) in [5, 5.41) is 4.39. The Hall–Kier alpha value is -0.730. The number of ether oxygens (including phenoxy) is 1. The summed E-state index contributed by atoms with van der Waals surface area (Å²) in [6.07, 6.45) is 6.24. The van der Waals surface area contributed by atoms with Crippen molar-refractivity contribution in [3.8, 4) is 5.75 Å². The molecular formula is C16H24ClNO. The van der Waals surface area contributed by atoms with Gasteiger partial charge in [0.05, 0.1) is 7.11 Å². The lowest BCUT2D eigenvalue weighted by Crippen LogP contribution is -2.19. The first kappa shape index (κ1) is 14.7. The molecular weight excluding hydrogens is 258 g/mol. The molecule has 0 radical (unpaired) electrons. The van der Waals surface area contributed by atoms with E-state index in [2.05, 4.69) is 18.3 Å². The maximum Gasteiger partial charge on any atom is 0.120 e. The van der Waals surface area contributed by atoms with Gasteiger partial charge in [-0.25, -0.2) is 0 Å². The van der Waals surface area contributed by atoms with Crippen molar-refractivity contribution in [3.63, 3.8) is 0 Å².